The number of hydrogen-bond donors (Lipinski definition) is 0. The Kier molecular flexibility index (Phi) is 6.34. The van der Waals surface area contributed by atoms with Gasteiger partial charge in [-0.15, -0.1) is 0 Å². The highest BCUT2D eigenvalue weighted by molar-refractivity contribution is 6.37. The van der Waals surface area contributed by atoms with Gasteiger partial charge in [0.1, 0.15) is 17.1 Å². The average Bonchev–Trinajstić information content (AvgIpc) is 3.55. The van der Waals surface area contributed by atoms with E-state index in [0.717, 1.165) is 45.2 Å². The SMILES string of the molecule is Cc1noc(/C=C/c2c(Cl)cccc2Cl)c1N1C=C(c2ccccc2)N2c3ccccc3OC2(c2ccccc2)C1. The standard InChI is InChI=1S/C34H25Cl2N3O2/c1-23-33(32(41-37-23)20-19-26-27(35)15-10-16-28(26)36)38-21-30(24-11-4-2-5-12-24)39-29-17-8-9-18-31(29)40-34(39,22-38)25-13-6-3-7-14-25/h2-21H,22H2,1H3/b20-19+. The van der Waals surface area contributed by atoms with Crippen molar-refractivity contribution in [2.45, 2.75) is 12.6 Å². The van der Waals surface area contributed by atoms with Crippen LogP contribution in [-0.4, -0.2) is 11.7 Å². The number of benzene rings is 4. The molecule has 202 valence electrons. The largest absolute Gasteiger partial charge is 0.459 e. The Morgan fingerprint density at radius 2 is 1.49 bits per heavy atom. The molecular weight excluding hydrogens is 553 g/mol. The summed E-state index contributed by atoms with van der Waals surface area (Å²) in [6.07, 6.45) is 5.88. The molecule has 5 aromatic rings. The number of halogens is 2. The second-order valence-electron chi connectivity index (χ2n) is 10.0. The van der Waals surface area contributed by atoms with E-state index in [2.05, 4.69) is 51.5 Å². The highest BCUT2D eigenvalue weighted by Gasteiger charge is 2.53. The van der Waals surface area contributed by atoms with Crippen LogP contribution in [0.25, 0.3) is 17.8 Å². The van der Waals surface area contributed by atoms with E-state index < -0.39 is 5.72 Å². The van der Waals surface area contributed by atoms with E-state index >= 15 is 0 Å². The van der Waals surface area contributed by atoms with Gasteiger partial charge in [-0.25, -0.2) is 0 Å². The lowest BCUT2D eigenvalue weighted by atomic mass is 9.95. The van der Waals surface area contributed by atoms with Crippen LogP contribution in [0.1, 0.15) is 28.1 Å². The molecule has 2 aliphatic rings. The number of ether oxygens (including phenoxy) is 1. The molecule has 0 spiro atoms. The number of para-hydroxylation sites is 2. The normalized spacial score (nSPS) is 17.8. The van der Waals surface area contributed by atoms with Crippen LogP contribution >= 0.6 is 23.2 Å². The zero-order chi connectivity index (χ0) is 28.0. The topological polar surface area (TPSA) is 41.7 Å². The maximum Gasteiger partial charge on any atom is 0.231 e. The first kappa shape index (κ1) is 25.5. The van der Waals surface area contributed by atoms with Gasteiger partial charge < -0.3 is 14.2 Å². The van der Waals surface area contributed by atoms with Crippen molar-refractivity contribution >= 4 is 52.4 Å². The van der Waals surface area contributed by atoms with Crippen molar-refractivity contribution in [1.29, 1.82) is 0 Å². The Bertz CT molecular complexity index is 1780. The first-order valence-corrected chi connectivity index (χ1v) is 14.1. The number of anilines is 2. The van der Waals surface area contributed by atoms with Crippen LogP contribution in [0.15, 0.2) is 114 Å². The fourth-order valence-corrected chi connectivity index (χ4v) is 6.19. The number of fused-ring (bicyclic) bond motifs is 3. The summed E-state index contributed by atoms with van der Waals surface area (Å²) >= 11 is 12.9. The molecule has 2 aliphatic heterocycles. The van der Waals surface area contributed by atoms with Gasteiger partial charge in [0.15, 0.2) is 5.76 Å². The molecule has 0 bridgehead atoms. The monoisotopic (exact) mass is 577 g/mol. The number of rotatable bonds is 5. The van der Waals surface area contributed by atoms with Crippen molar-refractivity contribution in [3.8, 4) is 5.75 Å². The molecule has 3 heterocycles. The fraction of sp³-hybridized carbons (Fsp3) is 0.0882. The Morgan fingerprint density at radius 1 is 0.805 bits per heavy atom. The molecule has 0 saturated carbocycles. The van der Waals surface area contributed by atoms with E-state index in [1.165, 1.54) is 0 Å². The van der Waals surface area contributed by atoms with Crippen molar-refractivity contribution in [2.75, 3.05) is 16.3 Å². The zero-order valence-corrected chi connectivity index (χ0v) is 23.7. The van der Waals surface area contributed by atoms with Gasteiger partial charge in [0.2, 0.25) is 5.72 Å². The minimum Gasteiger partial charge on any atom is -0.459 e. The fourth-order valence-electron chi connectivity index (χ4n) is 5.66. The molecule has 7 rings (SSSR count). The molecule has 5 nitrogen and oxygen atoms in total. The number of nitrogens with zero attached hydrogens (tertiary/aromatic N) is 3. The van der Waals surface area contributed by atoms with Crippen molar-refractivity contribution in [1.82, 2.24) is 5.16 Å². The molecule has 1 unspecified atom stereocenters. The Morgan fingerprint density at radius 3 is 2.24 bits per heavy atom. The van der Waals surface area contributed by atoms with Gasteiger partial charge in [0, 0.05) is 27.4 Å². The molecule has 0 fully saturated rings. The van der Waals surface area contributed by atoms with Crippen LogP contribution in [0.5, 0.6) is 5.75 Å². The van der Waals surface area contributed by atoms with E-state index in [1.54, 1.807) is 0 Å². The molecule has 41 heavy (non-hydrogen) atoms. The highest BCUT2D eigenvalue weighted by atomic mass is 35.5. The van der Waals surface area contributed by atoms with Gasteiger partial charge in [-0.3, -0.25) is 4.90 Å². The van der Waals surface area contributed by atoms with E-state index in [1.807, 2.05) is 91.9 Å². The van der Waals surface area contributed by atoms with Gasteiger partial charge in [0.25, 0.3) is 0 Å². The van der Waals surface area contributed by atoms with Crippen molar-refractivity contribution in [2.24, 2.45) is 0 Å². The minimum absolute atomic E-state index is 0.484. The number of hydrogen-bond acceptors (Lipinski definition) is 5. The van der Waals surface area contributed by atoms with Crippen LogP contribution in [0.3, 0.4) is 0 Å². The summed E-state index contributed by atoms with van der Waals surface area (Å²) < 4.78 is 12.8. The van der Waals surface area contributed by atoms with Gasteiger partial charge >= 0.3 is 0 Å². The van der Waals surface area contributed by atoms with Gasteiger partial charge in [-0.2, -0.15) is 0 Å². The lowest BCUT2D eigenvalue weighted by Gasteiger charge is -2.46. The highest BCUT2D eigenvalue weighted by Crippen LogP contribution is 2.54. The van der Waals surface area contributed by atoms with Crippen LogP contribution in [0, 0.1) is 6.92 Å². The van der Waals surface area contributed by atoms with Crippen molar-refractivity contribution in [3.63, 3.8) is 0 Å². The van der Waals surface area contributed by atoms with E-state index in [-0.39, 0.29) is 0 Å². The maximum atomic E-state index is 6.94. The molecule has 0 amide bonds. The van der Waals surface area contributed by atoms with Gasteiger partial charge in [0.05, 0.1) is 17.9 Å². The van der Waals surface area contributed by atoms with E-state index in [9.17, 15) is 0 Å². The van der Waals surface area contributed by atoms with Crippen molar-refractivity contribution in [3.05, 3.63) is 148 Å². The number of aryl methyl sites for hydroxylation is 1. The summed E-state index contributed by atoms with van der Waals surface area (Å²) in [5.74, 6) is 1.42. The first-order valence-electron chi connectivity index (χ1n) is 13.3. The summed E-state index contributed by atoms with van der Waals surface area (Å²) in [7, 11) is 0. The lowest BCUT2D eigenvalue weighted by Crippen LogP contribution is -2.56. The molecule has 0 N–H and O–H groups in total. The molecular formula is C34H25Cl2N3O2. The predicted octanol–water partition coefficient (Wildman–Crippen LogP) is 9.03. The first-order chi connectivity index (χ1) is 20.0. The van der Waals surface area contributed by atoms with Crippen LogP contribution in [0.4, 0.5) is 11.4 Å². The predicted molar refractivity (Wildman–Crippen MR) is 166 cm³/mol. The van der Waals surface area contributed by atoms with Crippen LogP contribution < -0.4 is 14.5 Å². The van der Waals surface area contributed by atoms with Crippen LogP contribution in [-0.2, 0) is 5.72 Å². The van der Waals surface area contributed by atoms with E-state index in [0.29, 0.717) is 22.4 Å². The average molecular weight is 578 g/mol. The third-order valence-electron chi connectivity index (χ3n) is 7.49. The van der Waals surface area contributed by atoms with Gasteiger partial charge in [-0.05, 0) is 48.9 Å². The summed E-state index contributed by atoms with van der Waals surface area (Å²) in [5, 5.41) is 5.47. The van der Waals surface area contributed by atoms with E-state index in [4.69, 9.17) is 32.5 Å². The molecule has 0 saturated heterocycles. The van der Waals surface area contributed by atoms with Crippen LogP contribution in [0.2, 0.25) is 10.0 Å². The molecule has 0 radical (unpaired) electrons. The Balaban J connectivity index is 1.42. The van der Waals surface area contributed by atoms with Gasteiger partial charge in [-0.1, -0.05) is 107 Å². The lowest BCUT2D eigenvalue weighted by molar-refractivity contribution is 0.103. The maximum absolute atomic E-state index is 6.94. The summed E-state index contributed by atoms with van der Waals surface area (Å²) in [6, 6.07) is 34.3. The molecule has 0 aliphatic carbocycles. The molecule has 4 aromatic carbocycles. The third-order valence-corrected chi connectivity index (χ3v) is 8.15. The quantitative estimate of drug-likeness (QED) is 0.208. The Labute approximate surface area is 248 Å². The summed E-state index contributed by atoms with van der Waals surface area (Å²) in [5.41, 5.74) is 5.58. The summed E-state index contributed by atoms with van der Waals surface area (Å²) in [6.45, 7) is 2.43. The second-order valence-corrected chi connectivity index (χ2v) is 10.8. The second kappa shape index (κ2) is 10.2. The van der Waals surface area contributed by atoms with Crippen molar-refractivity contribution < 1.29 is 9.26 Å². The Hall–Kier alpha value is -4.45. The molecule has 1 atom stereocenters. The number of aromatic nitrogens is 1. The zero-order valence-electron chi connectivity index (χ0n) is 22.2. The third kappa shape index (κ3) is 4.29. The summed E-state index contributed by atoms with van der Waals surface area (Å²) in [4.78, 5) is 4.49. The molecule has 1 aromatic heterocycles. The molecule has 7 heteroatoms. The smallest absolute Gasteiger partial charge is 0.231 e. The minimum atomic E-state index is -0.846.